The van der Waals surface area contributed by atoms with E-state index in [0.717, 1.165) is 18.0 Å². The Morgan fingerprint density at radius 1 is 0.810 bits per heavy atom. The molecule has 0 amide bonds. The van der Waals surface area contributed by atoms with Crippen LogP contribution in [0.3, 0.4) is 0 Å². The van der Waals surface area contributed by atoms with Gasteiger partial charge in [-0.3, -0.25) is 5.43 Å². The van der Waals surface area contributed by atoms with Gasteiger partial charge in [0.1, 0.15) is 11.5 Å². The quantitative estimate of drug-likeness (QED) is 0.906. The molecule has 0 saturated carbocycles. The maximum Gasteiger partial charge on any atom is 0.118 e. The molecule has 4 heteroatoms. The van der Waals surface area contributed by atoms with Crippen LogP contribution >= 0.6 is 0 Å². The normalized spacial score (nSPS) is 21.2. The summed E-state index contributed by atoms with van der Waals surface area (Å²) in [5.74, 6) is 2.16. The minimum atomic E-state index is 0.254. The summed E-state index contributed by atoms with van der Waals surface area (Å²) in [6.45, 7) is 0.906. The lowest BCUT2D eigenvalue weighted by Gasteiger charge is -2.19. The zero-order valence-corrected chi connectivity index (χ0v) is 12.3. The number of methoxy groups -OCH3 is 2. The van der Waals surface area contributed by atoms with Crippen LogP contribution in [-0.4, -0.2) is 20.8 Å². The molecule has 3 rings (SSSR count). The van der Waals surface area contributed by atoms with Gasteiger partial charge in [-0.2, -0.15) is 0 Å². The predicted octanol–water partition coefficient (Wildman–Crippen LogP) is 2.64. The molecule has 0 aromatic heterocycles. The molecule has 0 aliphatic carbocycles. The lowest BCUT2D eigenvalue weighted by Crippen LogP contribution is -2.24. The Morgan fingerprint density at radius 2 is 1.33 bits per heavy atom. The van der Waals surface area contributed by atoms with Crippen molar-refractivity contribution < 1.29 is 9.47 Å². The van der Waals surface area contributed by atoms with Crippen LogP contribution in [0.1, 0.15) is 23.1 Å². The maximum atomic E-state index is 5.22. The van der Waals surface area contributed by atoms with Crippen LogP contribution < -0.4 is 20.3 Å². The van der Waals surface area contributed by atoms with Crippen LogP contribution in [0.15, 0.2) is 48.5 Å². The van der Waals surface area contributed by atoms with E-state index >= 15 is 0 Å². The highest BCUT2D eigenvalue weighted by Crippen LogP contribution is 2.34. The predicted molar refractivity (Wildman–Crippen MR) is 82.6 cm³/mol. The number of hydrogen-bond acceptors (Lipinski definition) is 4. The van der Waals surface area contributed by atoms with E-state index in [2.05, 4.69) is 35.1 Å². The van der Waals surface area contributed by atoms with Crippen molar-refractivity contribution in [1.82, 2.24) is 10.9 Å². The fraction of sp³-hybridized carbons (Fsp3) is 0.294. The third-order valence-electron chi connectivity index (χ3n) is 4.00. The molecule has 2 N–H and O–H groups in total. The van der Waals surface area contributed by atoms with Gasteiger partial charge in [0, 0.05) is 12.5 Å². The molecule has 2 atom stereocenters. The smallest absolute Gasteiger partial charge is 0.118 e. The maximum absolute atomic E-state index is 5.22. The van der Waals surface area contributed by atoms with Crippen molar-refractivity contribution in [2.24, 2.45) is 0 Å². The summed E-state index contributed by atoms with van der Waals surface area (Å²) in [7, 11) is 3.37. The molecule has 1 aliphatic rings. The number of ether oxygens (including phenoxy) is 2. The van der Waals surface area contributed by atoms with Crippen molar-refractivity contribution in [1.29, 1.82) is 0 Å². The highest BCUT2D eigenvalue weighted by molar-refractivity contribution is 5.35. The Morgan fingerprint density at radius 3 is 1.86 bits per heavy atom. The molecule has 4 nitrogen and oxygen atoms in total. The van der Waals surface area contributed by atoms with E-state index in [9.17, 15) is 0 Å². The molecule has 1 fully saturated rings. The zero-order chi connectivity index (χ0) is 14.7. The lowest BCUT2D eigenvalue weighted by molar-refractivity contribution is 0.414. The van der Waals surface area contributed by atoms with E-state index < -0.39 is 0 Å². The van der Waals surface area contributed by atoms with Gasteiger partial charge in [0.2, 0.25) is 0 Å². The average molecular weight is 284 g/mol. The Bertz CT molecular complexity index is 527. The van der Waals surface area contributed by atoms with Crippen molar-refractivity contribution in [2.45, 2.75) is 12.0 Å². The molecule has 1 aliphatic heterocycles. The third-order valence-corrected chi connectivity index (χ3v) is 4.00. The fourth-order valence-electron chi connectivity index (χ4n) is 2.79. The second-order valence-corrected chi connectivity index (χ2v) is 5.16. The Labute approximate surface area is 125 Å². The SMILES string of the molecule is COc1ccc(C2CNNC2c2ccc(OC)cc2)cc1. The molecule has 21 heavy (non-hydrogen) atoms. The van der Waals surface area contributed by atoms with Gasteiger partial charge in [-0.05, 0) is 35.4 Å². The van der Waals surface area contributed by atoms with Crippen molar-refractivity contribution in [3.63, 3.8) is 0 Å². The van der Waals surface area contributed by atoms with Crippen molar-refractivity contribution in [3.05, 3.63) is 59.7 Å². The Balaban J connectivity index is 1.83. The summed E-state index contributed by atoms with van der Waals surface area (Å²) < 4.78 is 10.4. The van der Waals surface area contributed by atoms with E-state index in [-0.39, 0.29) is 6.04 Å². The molecule has 2 aromatic rings. The highest BCUT2D eigenvalue weighted by atomic mass is 16.5. The number of hydrazine groups is 1. The van der Waals surface area contributed by atoms with E-state index in [4.69, 9.17) is 9.47 Å². The van der Waals surface area contributed by atoms with Gasteiger partial charge in [0.15, 0.2) is 0 Å². The second-order valence-electron chi connectivity index (χ2n) is 5.16. The van der Waals surface area contributed by atoms with Crippen LogP contribution in [0.5, 0.6) is 11.5 Å². The monoisotopic (exact) mass is 284 g/mol. The van der Waals surface area contributed by atoms with Crippen molar-refractivity contribution in [3.8, 4) is 11.5 Å². The summed E-state index contributed by atoms with van der Waals surface area (Å²) in [6, 6.07) is 16.8. The standard InChI is InChI=1S/C17H20N2O2/c1-20-14-7-3-12(4-8-14)16-11-18-19-17(16)13-5-9-15(21-2)10-6-13/h3-10,16-19H,11H2,1-2H3. The number of rotatable bonds is 4. The first-order chi connectivity index (χ1) is 10.3. The van der Waals surface area contributed by atoms with Crippen LogP contribution in [-0.2, 0) is 0 Å². The molecule has 0 radical (unpaired) electrons. The average Bonchev–Trinajstić information content (AvgIpc) is 3.04. The lowest BCUT2D eigenvalue weighted by atomic mass is 9.88. The summed E-state index contributed by atoms with van der Waals surface area (Å²) >= 11 is 0. The number of benzene rings is 2. The minimum absolute atomic E-state index is 0.254. The molecular weight excluding hydrogens is 264 g/mol. The summed E-state index contributed by atoms with van der Waals surface area (Å²) in [5.41, 5.74) is 9.18. The first-order valence-electron chi connectivity index (χ1n) is 7.08. The van der Waals surface area contributed by atoms with Crippen molar-refractivity contribution in [2.75, 3.05) is 20.8 Å². The molecule has 1 saturated heterocycles. The van der Waals surface area contributed by atoms with Gasteiger partial charge in [-0.25, -0.2) is 5.43 Å². The Hall–Kier alpha value is -2.04. The van der Waals surface area contributed by atoms with E-state index in [1.54, 1.807) is 14.2 Å². The van der Waals surface area contributed by atoms with Gasteiger partial charge < -0.3 is 9.47 Å². The molecule has 1 heterocycles. The van der Waals surface area contributed by atoms with Gasteiger partial charge >= 0.3 is 0 Å². The minimum Gasteiger partial charge on any atom is -0.497 e. The fourth-order valence-corrected chi connectivity index (χ4v) is 2.79. The summed E-state index contributed by atoms with van der Waals surface area (Å²) in [4.78, 5) is 0. The highest BCUT2D eigenvalue weighted by Gasteiger charge is 2.29. The molecule has 2 unspecified atom stereocenters. The molecule has 0 spiro atoms. The van der Waals surface area contributed by atoms with E-state index in [1.807, 2.05) is 24.3 Å². The van der Waals surface area contributed by atoms with E-state index in [1.165, 1.54) is 11.1 Å². The van der Waals surface area contributed by atoms with Crippen LogP contribution in [0.2, 0.25) is 0 Å². The number of nitrogens with one attached hydrogen (secondary N) is 2. The van der Waals surface area contributed by atoms with Gasteiger partial charge in [0.25, 0.3) is 0 Å². The van der Waals surface area contributed by atoms with E-state index in [0.29, 0.717) is 5.92 Å². The molecule has 110 valence electrons. The summed E-state index contributed by atoms with van der Waals surface area (Å²) in [6.07, 6.45) is 0. The van der Waals surface area contributed by atoms with Crippen LogP contribution in [0, 0.1) is 0 Å². The van der Waals surface area contributed by atoms with Gasteiger partial charge in [0.05, 0.1) is 20.3 Å². The van der Waals surface area contributed by atoms with Crippen molar-refractivity contribution >= 4 is 0 Å². The van der Waals surface area contributed by atoms with Crippen LogP contribution in [0.4, 0.5) is 0 Å². The first kappa shape index (κ1) is 13.9. The largest absolute Gasteiger partial charge is 0.497 e. The topological polar surface area (TPSA) is 42.5 Å². The molecule has 0 bridgehead atoms. The summed E-state index contributed by atoms with van der Waals surface area (Å²) in [5, 5.41) is 0. The van der Waals surface area contributed by atoms with Gasteiger partial charge in [-0.15, -0.1) is 0 Å². The first-order valence-corrected chi connectivity index (χ1v) is 7.08. The number of hydrogen-bond donors (Lipinski definition) is 2. The second kappa shape index (κ2) is 6.16. The molecular formula is C17H20N2O2. The Kier molecular flexibility index (Phi) is 4.08. The third kappa shape index (κ3) is 2.86. The van der Waals surface area contributed by atoms with Crippen LogP contribution in [0.25, 0.3) is 0 Å². The molecule has 2 aromatic carbocycles. The zero-order valence-electron chi connectivity index (χ0n) is 12.3. The van der Waals surface area contributed by atoms with Gasteiger partial charge in [-0.1, -0.05) is 24.3 Å².